The van der Waals surface area contributed by atoms with Gasteiger partial charge in [-0.15, -0.1) is 0 Å². The van der Waals surface area contributed by atoms with E-state index in [-0.39, 0.29) is 11.5 Å². The van der Waals surface area contributed by atoms with Crippen LogP contribution < -0.4 is 10.1 Å². The fraction of sp³-hybridized carbons (Fsp3) is 0.438. The summed E-state index contributed by atoms with van der Waals surface area (Å²) in [4.78, 5) is 6.73. The SMILES string of the molecule is CC(C)CNc1ccc(OCC(F)(F)F)cc1CS(=O)c1ncc[nH]1. The Hall–Kier alpha value is -2.03. The van der Waals surface area contributed by atoms with Crippen molar-refractivity contribution >= 4 is 16.5 Å². The summed E-state index contributed by atoms with van der Waals surface area (Å²) in [5, 5.41) is 3.54. The zero-order chi connectivity index (χ0) is 18.4. The lowest BCUT2D eigenvalue weighted by molar-refractivity contribution is -0.153. The van der Waals surface area contributed by atoms with Crippen molar-refractivity contribution in [3.8, 4) is 5.75 Å². The van der Waals surface area contributed by atoms with E-state index in [2.05, 4.69) is 15.3 Å². The minimum atomic E-state index is -4.41. The first kappa shape index (κ1) is 19.3. The van der Waals surface area contributed by atoms with E-state index in [1.807, 2.05) is 13.8 Å². The molecule has 2 aromatic rings. The average Bonchev–Trinajstić information content (AvgIpc) is 3.05. The molecule has 138 valence electrons. The number of nitrogens with zero attached hydrogens (tertiary/aromatic N) is 1. The van der Waals surface area contributed by atoms with E-state index in [0.29, 0.717) is 28.9 Å². The molecule has 1 unspecified atom stereocenters. The standard InChI is InChI=1S/C16H20F3N3O2S/c1-11(2)8-22-14-4-3-13(24-10-16(17,18)19)7-12(14)9-25(23)15-20-5-6-21-15/h3-7,11,22H,8-10H2,1-2H3,(H,20,21). The highest BCUT2D eigenvalue weighted by molar-refractivity contribution is 7.84. The lowest BCUT2D eigenvalue weighted by atomic mass is 10.1. The molecule has 1 atom stereocenters. The smallest absolute Gasteiger partial charge is 0.422 e. The number of aromatic nitrogens is 2. The van der Waals surface area contributed by atoms with Gasteiger partial charge in [-0.3, -0.25) is 4.21 Å². The van der Waals surface area contributed by atoms with Gasteiger partial charge in [0, 0.05) is 24.6 Å². The first-order chi connectivity index (χ1) is 11.7. The third kappa shape index (κ3) is 6.41. The van der Waals surface area contributed by atoms with Gasteiger partial charge in [-0.1, -0.05) is 13.8 Å². The number of benzene rings is 1. The number of H-pyrrole nitrogens is 1. The zero-order valence-electron chi connectivity index (χ0n) is 13.9. The molecule has 1 aromatic carbocycles. The maximum atomic E-state index is 12.4. The fourth-order valence-electron chi connectivity index (χ4n) is 2.02. The van der Waals surface area contributed by atoms with Gasteiger partial charge in [0.2, 0.25) is 0 Å². The summed E-state index contributed by atoms with van der Waals surface area (Å²) in [6, 6.07) is 4.59. The molecule has 0 aliphatic heterocycles. The van der Waals surface area contributed by atoms with Crippen LogP contribution in [-0.2, 0) is 16.6 Å². The number of alkyl halides is 3. The number of hydrogen-bond donors (Lipinski definition) is 2. The monoisotopic (exact) mass is 375 g/mol. The van der Waals surface area contributed by atoms with Crippen molar-refractivity contribution in [3.05, 3.63) is 36.2 Å². The molecule has 0 aliphatic rings. The Kier molecular flexibility index (Phi) is 6.46. The van der Waals surface area contributed by atoms with Crippen LogP contribution in [0.3, 0.4) is 0 Å². The van der Waals surface area contributed by atoms with Crippen LogP contribution in [0.4, 0.5) is 18.9 Å². The summed E-state index contributed by atoms with van der Waals surface area (Å²) >= 11 is 0. The number of aromatic amines is 1. The molecule has 25 heavy (non-hydrogen) atoms. The Morgan fingerprint density at radius 1 is 1.36 bits per heavy atom. The molecule has 9 heteroatoms. The largest absolute Gasteiger partial charge is 0.484 e. The minimum absolute atomic E-state index is 0.0823. The number of halogens is 3. The van der Waals surface area contributed by atoms with Gasteiger partial charge in [0.15, 0.2) is 11.8 Å². The predicted octanol–water partition coefficient (Wildman–Crippen LogP) is 3.73. The Labute approximate surface area is 146 Å². The second kappa shape index (κ2) is 8.37. The number of imidazole rings is 1. The maximum Gasteiger partial charge on any atom is 0.422 e. The van der Waals surface area contributed by atoms with Gasteiger partial charge in [0.25, 0.3) is 0 Å². The van der Waals surface area contributed by atoms with Crippen LogP contribution in [-0.4, -0.2) is 33.5 Å². The summed E-state index contributed by atoms with van der Waals surface area (Å²) in [7, 11) is -1.44. The van der Waals surface area contributed by atoms with Gasteiger partial charge >= 0.3 is 6.18 Å². The molecular formula is C16H20F3N3O2S. The number of nitrogens with one attached hydrogen (secondary N) is 2. The lowest BCUT2D eigenvalue weighted by Crippen LogP contribution is -2.19. The summed E-state index contributed by atoms with van der Waals surface area (Å²) in [6.07, 6.45) is -1.35. The van der Waals surface area contributed by atoms with Gasteiger partial charge in [-0.25, -0.2) is 4.98 Å². The molecule has 5 nitrogen and oxygen atoms in total. The van der Waals surface area contributed by atoms with E-state index in [0.717, 1.165) is 0 Å². The van der Waals surface area contributed by atoms with Gasteiger partial charge in [-0.2, -0.15) is 13.2 Å². The number of rotatable bonds is 8. The van der Waals surface area contributed by atoms with E-state index >= 15 is 0 Å². The van der Waals surface area contributed by atoms with Crippen LogP contribution in [0.5, 0.6) is 5.75 Å². The molecule has 0 aliphatic carbocycles. The summed E-state index contributed by atoms with van der Waals surface area (Å²) in [6.45, 7) is 3.39. The van der Waals surface area contributed by atoms with Crippen molar-refractivity contribution in [2.45, 2.75) is 30.9 Å². The Morgan fingerprint density at radius 2 is 2.12 bits per heavy atom. The summed E-state index contributed by atoms with van der Waals surface area (Å²) < 4.78 is 54.1. The molecule has 1 heterocycles. The van der Waals surface area contributed by atoms with Crippen LogP contribution in [0.15, 0.2) is 35.7 Å². The van der Waals surface area contributed by atoms with Crippen LogP contribution in [0, 0.1) is 5.92 Å². The molecule has 0 saturated heterocycles. The first-order valence-corrected chi connectivity index (χ1v) is 9.00. The molecule has 2 N–H and O–H groups in total. The lowest BCUT2D eigenvalue weighted by Gasteiger charge is -2.16. The molecule has 0 saturated carbocycles. The number of anilines is 1. The predicted molar refractivity (Wildman–Crippen MR) is 90.0 cm³/mol. The van der Waals surface area contributed by atoms with Gasteiger partial charge in [0.1, 0.15) is 5.75 Å². The normalized spacial score (nSPS) is 13.0. The molecule has 2 rings (SSSR count). The molecule has 0 radical (unpaired) electrons. The molecule has 0 bridgehead atoms. The van der Waals surface area contributed by atoms with E-state index in [1.165, 1.54) is 18.3 Å². The average molecular weight is 375 g/mol. The van der Waals surface area contributed by atoms with Gasteiger partial charge in [0.05, 0.1) is 16.6 Å². The van der Waals surface area contributed by atoms with E-state index in [4.69, 9.17) is 4.74 Å². The van der Waals surface area contributed by atoms with Crippen LogP contribution in [0.2, 0.25) is 0 Å². The molecular weight excluding hydrogens is 355 g/mol. The van der Waals surface area contributed by atoms with Crippen LogP contribution >= 0.6 is 0 Å². The van der Waals surface area contributed by atoms with Crippen LogP contribution in [0.25, 0.3) is 0 Å². The van der Waals surface area contributed by atoms with Crippen LogP contribution in [0.1, 0.15) is 19.4 Å². The van der Waals surface area contributed by atoms with Crippen molar-refractivity contribution in [2.75, 3.05) is 18.5 Å². The minimum Gasteiger partial charge on any atom is -0.484 e. The van der Waals surface area contributed by atoms with Gasteiger partial charge in [-0.05, 0) is 29.7 Å². The van der Waals surface area contributed by atoms with Crippen molar-refractivity contribution < 1.29 is 22.1 Å². The topological polar surface area (TPSA) is 67.0 Å². The highest BCUT2D eigenvalue weighted by Gasteiger charge is 2.28. The third-order valence-corrected chi connectivity index (χ3v) is 4.38. The Morgan fingerprint density at radius 3 is 2.72 bits per heavy atom. The first-order valence-electron chi connectivity index (χ1n) is 7.68. The summed E-state index contributed by atoms with van der Waals surface area (Å²) in [5.74, 6) is 0.570. The van der Waals surface area contributed by atoms with Crippen molar-refractivity contribution in [1.82, 2.24) is 9.97 Å². The zero-order valence-corrected chi connectivity index (χ0v) is 14.7. The maximum absolute atomic E-state index is 12.4. The molecule has 0 fully saturated rings. The second-order valence-electron chi connectivity index (χ2n) is 5.88. The highest BCUT2D eigenvalue weighted by atomic mass is 32.2. The highest BCUT2D eigenvalue weighted by Crippen LogP contribution is 2.26. The Balaban J connectivity index is 2.19. The summed E-state index contributed by atoms with van der Waals surface area (Å²) in [5.41, 5.74) is 1.32. The van der Waals surface area contributed by atoms with Crippen molar-refractivity contribution in [1.29, 1.82) is 0 Å². The number of hydrogen-bond acceptors (Lipinski definition) is 4. The molecule has 1 aromatic heterocycles. The van der Waals surface area contributed by atoms with E-state index in [1.54, 1.807) is 12.3 Å². The fourth-order valence-corrected chi connectivity index (χ4v) is 3.05. The van der Waals surface area contributed by atoms with Gasteiger partial charge < -0.3 is 15.0 Å². The van der Waals surface area contributed by atoms with Crippen molar-refractivity contribution in [2.24, 2.45) is 5.92 Å². The quantitative estimate of drug-likeness (QED) is 0.738. The third-order valence-electron chi connectivity index (χ3n) is 3.16. The van der Waals surface area contributed by atoms with E-state index < -0.39 is 23.6 Å². The van der Waals surface area contributed by atoms with Crippen molar-refractivity contribution in [3.63, 3.8) is 0 Å². The molecule has 0 spiro atoms. The second-order valence-corrected chi connectivity index (χ2v) is 7.25. The molecule has 0 amide bonds. The van der Waals surface area contributed by atoms with E-state index in [9.17, 15) is 17.4 Å². The Bertz CT molecular complexity index is 703. The number of ether oxygens (including phenoxy) is 1.